The summed E-state index contributed by atoms with van der Waals surface area (Å²) < 4.78 is 29.8. The molecule has 0 heterocycles. The molecule has 7 nitrogen and oxygen atoms in total. The number of nitrogens with zero attached hydrogens (tertiary/aromatic N) is 2. The van der Waals surface area contributed by atoms with Crippen LogP contribution in [0, 0.1) is 6.92 Å². The summed E-state index contributed by atoms with van der Waals surface area (Å²) in [7, 11) is -4.14. The zero-order valence-corrected chi connectivity index (χ0v) is 27.4. The molecule has 3 aromatic carbocycles. The van der Waals surface area contributed by atoms with Crippen molar-refractivity contribution < 1.29 is 18.0 Å². The van der Waals surface area contributed by atoms with Gasteiger partial charge in [-0.2, -0.15) is 0 Å². The lowest BCUT2D eigenvalue weighted by Crippen LogP contribution is -2.53. The van der Waals surface area contributed by atoms with Crippen LogP contribution in [0.15, 0.2) is 76.1 Å². The summed E-state index contributed by atoms with van der Waals surface area (Å²) in [6.45, 7) is 3.19. The fourth-order valence-electron chi connectivity index (χ4n) is 5.09. The molecular weight excluding hydrogens is 661 g/mol. The Morgan fingerprint density at radius 1 is 1.00 bits per heavy atom. The van der Waals surface area contributed by atoms with Crippen LogP contribution < -0.4 is 9.62 Å². The van der Waals surface area contributed by atoms with E-state index in [0.29, 0.717) is 27.7 Å². The number of benzene rings is 3. The number of sulfonamides is 1. The maximum atomic E-state index is 14.2. The van der Waals surface area contributed by atoms with Crippen LogP contribution >= 0.6 is 39.1 Å². The van der Waals surface area contributed by atoms with Crippen molar-refractivity contribution in [1.82, 2.24) is 10.2 Å². The Balaban J connectivity index is 1.73. The maximum absolute atomic E-state index is 14.2. The van der Waals surface area contributed by atoms with E-state index >= 15 is 0 Å². The molecule has 0 aliphatic heterocycles. The van der Waals surface area contributed by atoms with Gasteiger partial charge in [0.25, 0.3) is 10.0 Å². The lowest BCUT2D eigenvalue weighted by molar-refractivity contribution is -0.140. The van der Waals surface area contributed by atoms with Crippen LogP contribution in [-0.2, 0) is 26.2 Å². The third-order valence-corrected chi connectivity index (χ3v) is 10.3. The summed E-state index contributed by atoms with van der Waals surface area (Å²) in [5, 5.41) is 3.90. The number of rotatable bonds is 11. The van der Waals surface area contributed by atoms with E-state index in [2.05, 4.69) is 21.2 Å². The van der Waals surface area contributed by atoms with Gasteiger partial charge in [0.1, 0.15) is 12.6 Å². The molecule has 224 valence electrons. The summed E-state index contributed by atoms with van der Waals surface area (Å²) in [6.07, 6.45) is 4.21. The van der Waals surface area contributed by atoms with Gasteiger partial charge in [0.05, 0.1) is 10.6 Å². The molecule has 11 heteroatoms. The summed E-state index contributed by atoms with van der Waals surface area (Å²) in [5.74, 6) is -0.799. The minimum absolute atomic E-state index is 0.00415. The van der Waals surface area contributed by atoms with Gasteiger partial charge in [-0.15, -0.1) is 0 Å². The van der Waals surface area contributed by atoms with Crippen molar-refractivity contribution >= 4 is 66.7 Å². The summed E-state index contributed by atoms with van der Waals surface area (Å²) in [6, 6.07) is 17.3. The van der Waals surface area contributed by atoms with Gasteiger partial charge in [-0.05, 0) is 80.3 Å². The molecule has 1 aliphatic carbocycles. The Kier molecular flexibility index (Phi) is 11.0. The largest absolute Gasteiger partial charge is 0.352 e. The standard InChI is InChI=1S/C31H34BrCl2N3O4S/c1-3-29(31(39)35-25-6-4-5-7-25)36(19-22-10-13-24(33)18-28(22)34)30(38)20-37(26-14-11-23(32)12-15-26)42(40,41)27-16-8-21(2)9-17-27/h8-18,25,29H,3-7,19-20H2,1-2H3,(H,35,39)/t29-/m1/s1. The first-order chi connectivity index (χ1) is 20.0. The van der Waals surface area contributed by atoms with Crippen LogP contribution in [0.1, 0.15) is 50.2 Å². The lowest BCUT2D eigenvalue weighted by atomic mass is 10.1. The molecular formula is C31H34BrCl2N3O4S. The highest BCUT2D eigenvalue weighted by Crippen LogP contribution is 2.28. The second-order valence-corrected chi connectivity index (χ2v) is 14.1. The SMILES string of the molecule is CC[C@H](C(=O)NC1CCCC1)N(Cc1ccc(Cl)cc1Cl)C(=O)CN(c1ccc(Br)cc1)S(=O)(=O)c1ccc(C)cc1. The van der Waals surface area contributed by atoms with Crippen molar-refractivity contribution in [2.75, 3.05) is 10.8 Å². The van der Waals surface area contributed by atoms with Crippen LogP contribution in [0.3, 0.4) is 0 Å². The van der Waals surface area contributed by atoms with Gasteiger partial charge in [-0.1, -0.05) is 82.7 Å². The Bertz CT molecular complexity index is 1510. The summed E-state index contributed by atoms with van der Waals surface area (Å²) in [4.78, 5) is 29.2. The highest BCUT2D eigenvalue weighted by molar-refractivity contribution is 9.10. The molecule has 42 heavy (non-hydrogen) atoms. The van der Waals surface area contributed by atoms with Crippen molar-refractivity contribution in [1.29, 1.82) is 0 Å². The Labute approximate surface area is 266 Å². The van der Waals surface area contributed by atoms with Crippen molar-refractivity contribution in [3.8, 4) is 0 Å². The van der Waals surface area contributed by atoms with Gasteiger partial charge in [0, 0.05) is 27.1 Å². The second-order valence-electron chi connectivity index (χ2n) is 10.5. The molecule has 1 aliphatic rings. The van der Waals surface area contributed by atoms with Gasteiger partial charge < -0.3 is 10.2 Å². The quantitative estimate of drug-likeness (QED) is 0.232. The number of nitrogens with one attached hydrogen (secondary N) is 1. The van der Waals surface area contributed by atoms with E-state index in [1.54, 1.807) is 54.6 Å². The van der Waals surface area contributed by atoms with Crippen LogP contribution in [0.2, 0.25) is 10.0 Å². The van der Waals surface area contributed by atoms with E-state index in [1.807, 2.05) is 13.8 Å². The van der Waals surface area contributed by atoms with E-state index in [1.165, 1.54) is 17.0 Å². The smallest absolute Gasteiger partial charge is 0.264 e. The van der Waals surface area contributed by atoms with Crippen molar-refractivity contribution in [2.24, 2.45) is 0 Å². The van der Waals surface area contributed by atoms with E-state index < -0.39 is 28.5 Å². The Morgan fingerprint density at radius 2 is 1.64 bits per heavy atom. The molecule has 3 aromatic rings. The third kappa shape index (κ3) is 7.86. The van der Waals surface area contributed by atoms with Crippen LogP contribution in [0.5, 0.6) is 0 Å². The first kappa shape index (κ1) is 32.3. The predicted molar refractivity (Wildman–Crippen MR) is 171 cm³/mol. The molecule has 1 atom stereocenters. The maximum Gasteiger partial charge on any atom is 0.264 e. The van der Waals surface area contributed by atoms with Crippen LogP contribution in [0.25, 0.3) is 0 Å². The lowest BCUT2D eigenvalue weighted by Gasteiger charge is -2.34. The summed E-state index contributed by atoms with van der Waals surface area (Å²) in [5.41, 5.74) is 1.82. The first-order valence-electron chi connectivity index (χ1n) is 13.9. The normalized spacial score (nSPS) is 14.4. The number of aryl methyl sites for hydroxylation is 1. The number of hydrogen-bond acceptors (Lipinski definition) is 4. The minimum Gasteiger partial charge on any atom is -0.352 e. The molecule has 0 aromatic heterocycles. The van der Waals surface area contributed by atoms with Crippen LogP contribution in [0.4, 0.5) is 5.69 Å². The molecule has 0 bridgehead atoms. The van der Waals surface area contributed by atoms with Crippen molar-refractivity contribution in [3.63, 3.8) is 0 Å². The minimum atomic E-state index is -4.14. The zero-order valence-electron chi connectivity index (χ0n) is 23.5. The Hall–Kier alpha value is -2.59. The highest BCUT2D eigenvalue weighted by Gasteiger charge is 2.34. The van der Waals surface area contributed by atoms with E-state index in [9.17, 15) is 18.0 Å². The van der Waals surface area contributed by atoms with Gasteiger partial charge in [0.2, 0.25) is 11.8 Å². The monoisotopic (exact) mass is 693 g/mol. The van der Waals surface area contributed by atoms with Gasteiger partial charge >= 0.3 is 0 Å². The topological polar surface area (TPSA) is 86.8 Å². The van der Waals surface area contributed by atoms with Gasteiger partial charge in [-0.3, -0.25) is 13.9 Å². The number of amides is 2. The molecule has 0 spiro atoms. The predicted octanol–water partition coefficient (Wildman–Crippen LogP) is 7.13. The van der Waals surface area contributed by atoms with E-state index in [-0.39, 0.29) is 23.4 Å². The highest BCUT2D eigenvalue weighted by atomic mass is 79.9. The fourth-order valence-corrected chi connectivity index (χ4v) is 7.24. The van der Waals surface area contributed by atoms with Gasteiger partial charge in [-0.25, -0.2) is 8.42 Å². The first-order valence-corrected chi connectivity index (χ1v) is 16.9. The number of carbonyl (C=O) groups excluding carboxylic acids is 2. The molecule has 0 saturated heterocycles. The molecule has 0 radical (unpaired) electrons. The molecule has 0 unspecified atom stereocenters. The second kappa shape index (κ2) is 14.3. The van der Waals surface area contributed by atoms with Crippen molar-refractivity contribution in [2.45, 2.75) is 69.5 Å². The van der Waals surface area contributed by atoms with E-state index in [4.69, 9.17) is 23.2 Å². The molecule has 1 fully saturated rings. The molecule has 1 N–H and O–H groups in total. The zero-order chi connectivity index (χ0) is 30.4. The van der Waals surface area contributed by atoms with E-state index in [0.717, 1.165) is 40.0 Å². The molecule has 2 amide bonds. The average molecular weight is 696 g/mol. The van der Waals surface area contributed by atoms with Crippen LogP contribution in [-0.4, -0.2) is 43.8 Å². The average Bonchev–Trinajstić information content (AvgIpc) is 3.46. The molecule has 1 saturated carbocycles. The fraction of sp³-hybridized carbons (Fsp3) is 0.355. The third-order valence-electron chi connectivity index (χ3n) is 7.45. The number of carbonyl (C=O) groups is 2. The molecule has 4 rings (SSSR count). The Morgan fingerprint density at radius 3 is 2.24 bits per heavy atom. The summed E-state index contributed by atoms with van der Waals surface area (Å²) >= 11 is 16.0. The number of hydrogen-bond donors (Lipinski definition) is 1. The number of halogens is 3. The van der Waals surface area contributed by atoms with Crippen molar-refractivity contribution in [3.05, 3.63) is 92.4 Å². The van der Waals surface area contributed by atoms with Gasteiger partial charge in [0.15, 0.2) is 0 Å². The number of anilines is 1.